The van der Waals surface area contributed by atoms with Gasteiger partial charge in [0.1, 0.15) is 10.7 Å². The highest BCUT2D eigenvalue weighted by atomic mass is 32.2. The fourth-order valence-corrected chi connectivity index (χ4v) is 4.29. The first-order chi connectivity index (χ1) is 13.1. The molecule has 0 aliphatic carbocycles. The molecule has 2 heterocycles. The molecule has 0 bridgehead atoms. The summed E-state index contributed by atoms with van der Waals surface area (Å²) in [6.45, 7) is 9.83. The highest BCUT2D eigenvalue weighted by Crippen LogP contribution is 2.25. The maximum Gasteiger partial charge on any atom is 0.265 e. The number of hydrogen-bond donors (Lipinski definition) is 3. The molecule has 28 heavy (non-hydrogen) atoms. The predicted octanol–water partition coefficient (Wildman–Crippen LogP) is 4.26. The van der Waals surface area contributed by atoms with Crippen LogP contribution >= 0.6 is 0 Å². The Labute approximate surface area is 165 Å². The summed E-state index contributed by atoms with van der Waals surface area (Å²) in [7, 11) is -3.73. The fourth-order valence-electron chi connectivity index (χ4n) is 2.87. The van der Waals surface area contributed by atoms with Crippen LogP contribution in [0.5, 0.6) is 0 Å². The van der Waals surface area contributed by atoms with E-state index in [9.17, 15) is 8.42 Å². The van der Waals surface area contributed by atoms with E-state index in [2.05, 4.69) is 58.1 Å². The summed E-state index contributed by atoms with van der Waals surface area (Å²) in [6.07, 6.45) is 1.48. The molecule has 8 heteroatoms. The summed E-state index contributed by atoms with van der Waals surface area (Å²) in [5.41, 5.74) is 3.57. The van der Waals surface area contributed by atoms with Crippen LogP contribution < -0.4 is 10.0 Å². The summed E-state index contributed by atoms with van der Waals surface area (Å²) in [4.78, 5) is 4.45. The lowest BCUT2D eigenvalue weighted by molar-refractivity contribution is 0.590. The van der Waals surface area contributed by atoms with Crippen molar-refractivity contribution in [2.75, 3.05) is 10.0 Å². The molecule has 7 nitrogen and oxygen atoms in total. The summed E-state index contributed by atoms with van der Waals surface area (Å²) in [6, 6.07) is 11.6. The molecule has 0 radical (unpaired) electrons. The highest BCUT2D eigenvalue weighted by molar-refractivity contribution is 7.92. The average Bonchev–Trinajstić information content (AvgIpc) is 2.95. The molecule has 0 unspecified atom stereocenters. The van der Waals surface area contributed by atoms with E-state index in [-0.39, 0.29) is 10.3 Å². The average molecular weight is 400 g/mol. The highest BCUT2D eigenvalue weighted by Gasteiger charge is 2.22. The van der Waals surface area contributed by atoms with Crippen LogP contribution in [0.1, 0.15) is 37.7 Å². The van der Waals surface area contributed by atoms with Gasteiger partial charge in [0.2, 0.25) is 0 Å². The van der Waals surface area contributed by atoms with E-state index in [0.717, 1.165) is 5.69 Å². The first kappa shape index (κ1) is 19.9. The Balaban J connectivity index is 1.72. The van der Waals surface area contributed by atoms with Crippen LogP contribution in [-0.2, 0) is 15.4 Å². The Hall–Kier alpha value is -2.87. The molecule has 2 aromatic heterocycles. The number of aromatic nitrogens is 3. The molecule has 0 saturated carbocycles. The van der Waals surface area contributed by atoms with Gasteiger partial charge in [-0.2, -0.15) is 5.10 Å². The monoisotopic (exact) mass is 399 g/mol. The van der Waals surface area contributed by atoms with Crippen molar-refractivity contribution in [3.05, 3.63) is 59.5 Å². The lowest BCUT2D eigenvalue weighted by Gasteiger charge is -2.19. The summed E-state index contributed by atoms with van der Waals surface area (Å²) in [5, 5.41) is 9.84. The lowest BCUT2D eigenvalue weighted by Crippen LogP contribution is -2.14. The van der Waals surface area contributed by atoms with E-state index in [1.807, 2.05) is 12.1 Å². The van der Waals surface area contributed by atoms with E-state index in [1.165, 1.54) is 11.8 Å². The minimum Gasteiger partial charge on any atom is -0.340 e. The smallest absolute Gasteiger partial charge is 0.265 e. The summed E-state index contributed by atoms with van der Waals surface area (Å²) < 4.78 is 27.7. The quantitative estimate of drug-likeness (QED) is 0.595. The van der Waals surface area contributed by atoms with Crippen molar-refractivity contribution in [2.45, 2.75) is 44.9 Å². The minimum absolute atomic E-state index is 0.0985. The summed E-state index contributed by atoms with van der Waals surface area (Å²) >= 11 is 0. The fraction of sp³-hybridized carbons (Fsp3) is 0.300. The largest absolute Gasteiger partial charge is 0.340 e. The Morgan fingerprint density at radius 2 is 1.61 bits per heavy atom. The van der Waals surface area contributed by atoms with Crippen LogP contribution in [-0.4, -0.2) is 23.6 Å². The van der Waals surface area contributed by atoms with Gasteiger partial charge in [-0.05, 0) is 49.1 Å². The number of aromatic amines is 1. The molecule has 0 amide bonds. The van der Waals surface area contributed by atoms with Crippen LogP contribution in [0.15, 0.2) is 47.5 Å². The molecule has 3 N–H and O–H groups in total. The molecule has 0 aliphatic heterocycles. The first-order valence-corrected chi connectivity index (χ1v) is 10.4. The molecule has 0 saturated heterocycles. The van der Waals surface area contributed by atoms with Gasteiger partial charge in [-0.3, -0.25) is 9.82 Å². The Morgan fingerprint density at radius 3 is 2.11 bits per heavy atom. The van der Waals surface area contributed by atoms with E-state index < -0.39 is 10.0 Å². The lowest BCUT2D eigenvalue weighted by atomic mass is 9.87. The molecule has 3 rings (SSSR count). The zero-order valence-electron chi connectivity index (χ0n) is 16.7. The number of rotatable bonds is 5. The second-order valence-corrected chi connectivity index (χ2v) is 9.37. The zero-order chi connectivity index (χ0) is 20.5. The normalized spacial score (nSPS) is 12.0. The van der Waals surface area contributed by atoms with Gasteiger partial charge in [0.25, 0.3) is 10.0 Å². The Kier molecular flexibility index (Phi) is 5.16. The third-order valence-electron chi connectivity index (χ3n) is 4.37. The van der Waals surface area contributed by atoms with Gasteiger partial charge in [0.15, 0.2) is 0 Å². The zero-order valence-corrected chi connectivity index (χ0v) is 17.5. The number of H-pyrrole nitrogens is 1. The van der Waals surface area contributed by atoms with Crippen LogP contribution in [0.4, 0.5) is 17.2 Å². The third kappa shape index (κ3) is 4.33. The van der Waals surface area contributed by atoms with Gasteiger partial charge in [-0.15, -0.1) is 0 Å². The SMILES string of the molecule is Cc1n[nH]c(C)c1S(=O)(=O)Nc1ccc(Nc2ccc(C(C)(C)C)cc2)nc1. The van der Waals surface area contributed by atoms with Crippen LogP contribution in [0.3, 0.4) is 0 Å². The van der Waals surface area contributed by atoms with Gasteiger partial charge < -0.3 is 5.32 Å². The maximum absolute atomic E-state index is 12.6. The van der Waals surface area contributed by atoms with Crippen molar-refractivity contribution < 1.29 is 8.42 Å². The number of sulfonamides is 1. The van der Waals surface area contributed by atoms with Crippen molar-refractivity contribution in [3.8, 4) is 0 Å². The van der Waals surface area contributed by atoms with Gasteiger partial charge in [-0.1, -0.05) is 32.9 Å². The number of hydrogen-bond acceptors (Lipinski definition) is 5. The predicted molar refractivity (Wildman–Crippen MR) is 112 cm³/mol. The number of anilines is 3. The molecule has 0 spiro atoms. The minimum atomic E-state index is -3.73. The van der Waals surface area contributed by atoms with Crippen LogP contribution in [0.25, 0.3) is 0 Å². The van der Waals surface area contributed by atoms with Gasteiger partial charge in [0, 0.05) is 5.69 Å². The maximum atomic E-state index is 12.6. The van der Waals surface area contributed by atoms with Crippen molar-refractivity contribution in [2.24, 2.45) is 0 Å². The molecular weight excluding hydrogens is 374 g/mol. The van der Waals surface area contributed by atoms with E-state index in [0.29, 0.717) is 22.9 Å². The van der Waals surface area contributed by atoms with Gasteiger partial charge in [0.05, 0.1) is 23.3 Å². The van der Waals surface area contributed by atoms with Crippen LogP contribution in [0.2, 0.25) is 0 Å². The van der Waals surface area contributed by atoms with Gasteiger partial charge >= 0.3 is 0 Å². The third-order valence-corrected chi connectivity index (χ3v) is 6.01. The second-order valence-electron chi connectivity index (χ2n) is 7.75. The second kappa shape index (κ2) is 7.27. The number of nitrogens with one attached hydrogen (secondary N) is 3. The molecule has 0 aliphatic rings. The molecular formula is C20H25N5O2S. The van der Waals surface area contributed by atoms with E-state index in [1.54, 1.807) is 26.0 Å². The van der Waals surface area contributed by atoms with Crippen LogP contribution in [0, 0.1) is 13.8 Å². The molecule has 0 atom stereocenters. The standard InChI is InChI=1S/C20H25N5O2S/c1-13-19(14(2)24-23-13)28(26,27)25-17-10-11-18(21-12-17)22-16-8-6-15(7-9-16)20(3,4)5/h6-12,25H,1-5H3,(H,21,22)(H,23,24). The van der Waals surface area contributed by atoms with Crippen molar-refractivity contribution in [1.82, 2.24) is 15.2 Å². The van der Waals surface area contributed by atoms with E-state index >= 15 is 0 Å². The van der Waals surface area contributed by atoms with Gasteiger partial charge in [-0.25, -0.2) is 13.4 Å². The molecule has 3 aromatic rings. The number of benzene rings is 1. The number of aryl methyl sites for hydroxylation is 2. The Bertz CT molecular complexity index is 1040. The molecule has 0 fully saturated rings. The van der Waals surface area contributed by atoms with Crippen molar-refractivity contribution in [3.63, 3.8) is 0 Å². The number of pyridine rings is 1. The topological polar surface area (TPSA) is 99.8 Å². The Morgan fingerprint density at radius 1 is 0.964 bits per heavy atom. The van der Waals surface area contributed by atoms with E-state index in [4.69, 9.17) is 0 Å². The van der Waals surface area contributed by atoms with Crippen molar-refractivity contribution in [1.29, 1.82) is 0 Å². The van der Waals surface area contributed by atoms with Crippen molar-refractivity contribution >= 4 is 27.2 Å². The molecule has 148 valence electrons. The first-order valence-electron chi connectivity index (χ1n) is 8.94. The summed E-state index contributed by atoms with van der Waals surface area (Å²) in [5.74, 6) is 0.627. The number of nitrogens with zero attached hydrogens (tertiary/aromatic N) is 2. The molecule has 1 aromatic carbocycles.